The fourth-order valence-electron chi connectivity index (χ4n) is 2.82. The number of ether oxygens (including phenoxy) is 1. The van der Waals surface area contributed by atoms with Gasteiger partial charge in [0.2, 0.25) is 5.88 Å². The fourth-order valence-corrected chi connectivity index (χ4v) is 3.10. The van der Waals surface area contributed by atoms with Crippen LogP contribution in [0.4, 0.5) is 0 Å². The topological polar surface area (TPSA) is 82.8 Å². The number of aromatic amines is 1. The van der Waals surface area contributed by atoms with E-state index >= 15 is 0 Å². The first-order valence-corrected chi connectivity index (χ1v) is 8.53. The standard InChI is InChI=1S/C17H20N4O3S/c1-24-14-8-4-3-7-13(14)21-16(23)12(15(22)19-17(21)25)11-18-20-9-5-2-6-10-20/h3-4,7-8,11,23H,2,5-6,9-10H2,1H3,(H,19,22,25). The lowest BCUT2D eigenvalue weighted by molar-refractivity contribution is 0.240. The van der Waals surface area contributed by atoms with Crippen molar-refractivity contribution in [2.24, 2.45) is 5.10 Å². The summed E-state index contributed by atoms with van der Waals surface area (Å²) in [6.45, 7) is 1.70. The second-order valence-corrected chi connectivity index (χ2v) is 6.15. The van der Waals surface area contributed by atoms with E-state index in [1.54, 1.807) is 18.2 Å². The number of methoxy groups -OCH3 is 1. The number of hydrogen-bond donors (Lipinski definition) is 2. The Balaban J connectivity index is 2.07. The van der Waals surface area contributed by atoms with Gasteiger partial charge in [0.1, 0.15) is 11.3 Å². The van der Waals surface area contributed by atoms with Crippen molar-refractivity contribution in [1.29, 1.82) is 0 Å². The van der Waals surface area contributed by atoms with Crippen molar-refractivity contribution < 1.29 is 9.84 Å². The highest BCUT2D eigenvalue weighted by atomic mass is 32.1. The summed E-state index contributed by atoms with van der Waals surface area (Å²) in [5, 5.41) is 16.9. The van der Waals surface area contributed by atoms with Gasteiger partial charge in [0.25, 0.3) is 5.56 Å². The molecule has 0 aliphatic carbocycles. The fraction of sp³-hybridized carbons (Fsp3) is 0.353. The van der Waals surface area contributed by atoms with E-state index in [1.807, 2.05) is 11.1 Å². The number of hydrogen-bond acceptors (Lipinski definition) is 6. The third-order valence-corrected chi connectivity index (χ3v) is 4.41. The van der Waals surface area contributed by atoms with E-state index in [-0.39, 0.29) is 16.2 Å². The Morgan fingerprint density at radius 2 is 2.00 bits per heavy atom. The quantitative estimate of drug-likeness (QED) is 0.646. The van der Waals surface area contributed by atoms with Gasteiger partial charge >= 0.3 is 0 Å². The van der Waals surface area contributed by atoms with Crippen LogP contribution in [0.25, 0.3) is 5.69 Å². The largest absolute Gasteiger partial charge is 0.495 e. The highest BCUT2D eigenvalue weighted by Crippen LogP contribution is 2.26. The summed E-state index contributed by atoms with van der Waals surface area (Å²) in [5.74, 6) is 0.263. The van der Waals surface area contributed by atoms with Gasteiger partial charge in [-0.05, 0) is 43.6 Å². The number of para-hydroxylation sites is 2. The first-order valence-electron chi connectivity index (χ1n) is 8.12. The van der Waals surface area contributed by atoms with E-state index in [1.165, 1.54) is 24.3 Å². The summed E-state index contributed by atoms with van der Waals surface area (Å²) in [6, 6.07) is 7.11. The van der Waals surface area contributed by atoms with Crippen molar-refractivity contribution in [3.05, 3.63) is 45.0 Å². The molecule has 0 atom stereocenters. The zero-order valence-corrected chi connectivity index (χ0v) is 14.8. The average Bonchev–Trinajstić information content (AvgIpc) is 2.62. The third-order valence-electron chi connectivity index (χ3n) is 4.13. The molecule has 3 rings (SSSR count). The van der Waals surface area contributed by atoms with Crippen molar-refractivity contribution in [1.82, 2.24) is 14.6 Å². The van der Waals surface area contributed by atoms with Crippen LogP contribution in [-0.4, -0.2) is 46.1 Å². The maximum atomic E-state index is 12.2. The number of benzene rings is 1. The van der Waals surface area contributed by atoms with Gasteiger partial charge < -0.3 is 9.84 Å². The van der Waals surface area contributed by atoms with E-state index in [2.05, 4.69) is 10.1 Å². The molecule has 0 radical (unpaired) electrons. The number of piperidine rings is 1. The lowest BCUT2D eigenvalue weighted by atomic mass is 10.2. The van der Waals surface area contributed by atoms with Gasteiger partial charge in [0.15, 0.2) is 4.77 Å². The second-order valence-electron chi connectivity index (χ2n) is 5.76. The van der Waals surface area contributed by atoms with Crippen molar-refractivity contribution in [2.75, 3.05) is 20.2 Å². The summed E-state index contributed by atoms with van der Waals surface area (Å²) in [6.07, 6.45) is 4.73. The highest BCUT2D eigenvalue weighted by Gasteiger charge is 2.16. The molecule has 1 fully saturated rings. The Morgan fingerprint density at radius 3 is 2.72 bits per heavy atom. The number of rotatable bonds is 4. The number of nitrogens with zero attached hydrogens (tertiary/aromatic N) is 3. The number of hydrazone groups is 1. The molecule has 0 unspecified atom stereocenters. The first kappa shape index (κ1) is 17.2. The van der Waals surface area contributed by atoms with Crippen molar-refractivity contribution in [3.8, 4) is 17.3 Å². The normalized spacial score (nSPS) is 14.8. The van der Waals surface area contributed by atoms with Gasteiger partial charge in [-0.15, -0.1) is 0 Å². The molecule has 132 valence electrons. The van der Waals surface area contributed by atoms with Gasteiger partial charge in [-0.1, -0.05) is 12.1 Å². The van der Waals surface area contributed by atoms with Crippen LogP contribution in [0.1, 0.15) is 24.8 Å². The minimum absolute atomic E-state index is 0.0603. The molecule has 1 aliphatic rings. The lowest BCUT2D eigenvalue weighted by Crippen LogP contribution is -2.25. The number of nitrogens with one attached hydrogen (secondary N) is 1. The maximum absolute atomic E-state index is 12.2. The van der Waals surface area contributed by atoms with Crippen LogP contribution in [0.15, 0.2) is 34.2 Å². The van der Waals surface area contributed by atoms with Crippen LogP contribution >= 0.6 is 12.2 Å². The predicted molar refractivity (Wildman–Crippen MR) is 98.5 cm³/mol. The summed E-state index contributed by atoms with van der Waals surface area (Å²) < 4.78 is 6.78. The lowest BCUT2D eigenvalue weighted by Gasteiger charge is -2.23. The van der Waals surface area contributed by atoms with Crippen LogP contribution in [0.2, 0.25) is 0 Å². The van der Waals surface area contributed by atoms with Crippen LogP contribution < -0.4 is 10.3 Å². The summed E-state index contributed by atoms with van der Waals surface area (Å²) >= 11 is 5.22. The molecule has 2 heterocycles. The smallest absolute Gasteiger partial charge is 0.264 e. The van der Waals surface area contributed by atoms with Gasteiger partial charge in [0, 0.05) is 13.1 Å². The molecule has 7 nitrogen and oxygen atoms in total. The molecule has 1 aromatic heterocycles. The monoisotopic (exact) mass is 360 g/mol. The van der Waals surface area contributed by atoms with E-state index in [0.717, 1.165) is 25.9 Å². The Morgan fingerprint density at radius 1 is 1.28 bits per heavy atom. The van der Waals surface area contributed by atoms with Crippen LogP contribution in [0.3, 0.4) is 0 Å². The molecule has 25 heavy (non-hydrogen) atoms. The van der Waals surface area contributed by atoms with E-state index in [0.29, 0.717) is 11.4 Å². The molecule has 1 aromatic carbocycles. The summed E-state index contributed by atoms with van der Waals surface area (Å²) in [5.41, 5.74) is 0.121. The van der Waals surface area contributed by atoms with Gasteiger partial charge in [0.05, 0.1) is 19.0 Å². The molecule has 1 saturated heterocycles. The third kappa shape index (κ3) is 3.58. The van der Waals surface area contributed by atoms with Crippen LogP contribution in [-0.2, 0) is 0 Å². The Bertz CT molecular complexity index is 897. The van der Waals surface area contributed by atoms with Crippen molar-refractivity contribution >= 4 is 18.4 Å². The van der Waals surface area contributed by atoms with Crippen LogP contribution in [0.5, 0.6) is 11.6 Å². The summed E-state index contributed by atoms with van der Waals surface area (Å²) in [4.78, 5) is 14.8. The molecule has 0 amide bonds. The Hall–Kier alpha value is -2.61. The first-order chi connectivity index (χ1) is 12.1. The highest BCUT2D eigenvalue weighted by molar-refractivity contribution is 7.71. The van der Waals surface area contributed by atoms with E-state index in [9.17, 15) is 9.90 Å². The van der Waals surface area contributed by atoms with Crippen molar-refractivity contribution in [3.63, 3.8) is 0 Å². The molecular weight excluding hydrogens is 340 g/mol. The zero-order valence-electron chi connectivity index (χ0n) is 13.9. The number of aromatic hydroxyl groups is 1. The number of H-pyrrole nitrogens is 1. The number of aromatic nitrogens is 2. The Labute approximate surface area is 150 Å². The SMILES string of the molecule is COc1ccccc1-n1c(O)c(C=NN2CCCCC2)c(=O)[nH]c1=S. The second kappa shape index (κ2) is 7.52. The van der Waals surface area contributed by atoms with Gasteiger partial charge in [-0.25, -0.2) is 0 Å². The van der Waals surface area contributed by atoms with Gasteiger partial charge in [-0.2, -0.15) is 5.10 Å². The molecule has 2 aromatic rings. The minimum atomic E-state index is -0.477. The molecule has 0 spiro atoms. The van der Waals surface area contributed by atoms with Crippen LogP contribution in [0, 0.1) is 4.77 Å². The zero-order chi connectivity index (χ0) is 17.8. The molecule has 1 aliphatic heterocycles. The minimum Gasteiger partial charge on any atom is -0.495 e. The molecule has 8 heteroatoms. The molecule has 0 saturated carbocycles. The van der Waals surface area contributed by atoms with E-state index in [4.69, 9.17) is 17.0 Å². The summed E-state index contributed by atoms with van der Waals surface area (Å²) in [7, 11) is 1.53. The van der Waals surface area contributed by atoms with Crippen molar-refractivity contribution in [2.45, 2.75) is 19.3 Å². The Kier molecular flexibility index (Phi) is 5.18. The van der Waals surface area contributed by atoms with Gasteiger partial charge in [-0.3, -0.25) is 19.4 Å². The molecular formula is C17H20N4O3S. The maximum Gasteiger partial charge on any atom is 0.264 e. The predicted octanol–water partition coefficient (Wildman–Crippen LogP) is 2.43. The molecule has 2 N–H and O–H groups in total. The molecule has 0 bridgehead atoms. The van der Waals surface area contributed by atoms with E-state index < -0.39 is 5.56 Å². The average molecular weight is 360 g/mol.